The Balaban J connectivity index is 1.89. The van der Waals surface area contributed by atoms with E-state index in [0.717, 1.165) is 6.04 Å². The Hall–Kier alpha value is 1.38. The fourth-order valence-electron chi connectivity index (χ4n) is 2.26. The van der Waals surface area contributed by atoms with Crippen LogP contribution in [-0.4, -0.2) is 50.1 Å². The first-order chi connectivity index (χ1) is 6.31. The predicted molar refractivity (Wildman–Crippen MR) is 62.0 cm³/mol. The molecule has 13 heavy (non-hydrogen) atoms. The average molecular weight is 409 g/mol. The minimum atomic E-state index is -0.565. The summed E-state index contributed by atoms with van der Waals surface area (Å²) in [7, 11) is 0. The van der Waals surface area contributed by atoms with E-state index in [1.54, 1.807) is 0 Å². The van der Waals surface area contributed by atoms with Gasteiger partial charge in [-0.15, -0.1) is 0 Å². The van der Waals surface area contributed by atoms with Gasteiger partial charge >= 0.3 is 96.3 Å². The number of halogens is 2. The fourth-order valence-corrected chi connectivity index (χ4v) is 10.3. The van der Waals surface area contributed by atoms with Crippen molar-refractivity contribution in [2.45, 2.75) is 18.9 Å². The Bertz CT molecular complexity index is 177. The molecule has 0 aromatic heterocycles. The average Bonchev–Trinajstić information content (AvgIpc) is 2.63. The molecule has 2 saturated heterocycles. The second-order valence-corrected chi connectivity index (χ2v) is 21.4. The van der Waals surface area contributed by atoms with Crippen LogP contribution in [-0.2, 0) is 0 Å². The van der Waals surface area contributed by atoms with Crippen LogP contribution < -0.4 is 17.2 Å². The molecule has 0 aliphatic carbocycles. The molecule has 2 rings (SSSR count). The van der Waals surface area contributed by atoms with E-state index in [-0.39, 0.29) is 0 Å². The molecule has 80 valence electrons. The first-order valence-electron chi connectivity index (χ1n) is 4.91. The predicted octanol–water partition coefficient (Wildman–Crippen LogP) is -1.55. The van der Waals surface area contributed by atoms with Gasteiger partial charge in [0.2, 0.25) is 0 Å². The van der Waals surface area contributed by atoms with E-state index in [9.17, 15) is 0 Å². The standard InChI is InChI=1S/C9H19I2N2/c1-10-11(2)13-7-6-12-5-3-4-9(12)8-13/h9H,3-8H2,1-2H3/q-1. The maximum absolute atomic E-state index is 2.88. The number of hydrogen-bond acceptors (Lipinski definition) is 2. The number of rotatable bonds is 2. The SMILES string of the molecule is C[I-]I(C)N1CCN2CCCC2C1. The monoisotopic (exact) mass is 409 g/mol. The molecule has 4 heteroatoms. The van der Waals surface area contributed by atoms with Crippen molar-refractivity contribution in [2.75, 3.05) is 36.0 Å². The van der Waals surface area contributed by atoms with Crippen LogP contribution in [0.1, 0.15) is 12.8 Å². The van der Waals surface area contributed by atoms with Gasteiger partial charge in [-0.1, -0.05) is 0 Å². The molecule has 0 aromatic carbocycles. The molecule has 2 nitrogen and oxygen atoms in total. The van der Waals surface area contributed by atoms with Crippen molar-refractivity contribution in [3.05, 3.63) is 0 Å². The summed E-state index contributed by atoms with van der Waals surface area (Å²) in [6, 6.07) is 0.948. The van der Waals surface area contributed by atoms with Crippen molar-refractivity contribution in [1.29, 1.82) is 0 Å². The molecule has 0 spiro atoms. The third-order valence-electron chi connectivity index (χ3n) is 3.07. The molecule has 0 amide bonds. The van der Waals surface area contributed by atoms with Crippen LogP contribution in [0, 0.1) is 0 Å². The van der Waals surface area contributed by atoms with Gasteiger partial charge < -0.3 is 0 Å². The van der Waals surface area contributed by atoms with E-state index in [2.05, 4.69) is 17.9 Å². The second-order valence-electron chi connectivity index (χ2n) is 3.72. The normalized spacial score (nSPS) is 32.2. The Kier molecular flexibility index (Phi) is 4.13. The van der Waals surface area contributed by atoms with Crippen LogP contribution in [0.2, 0.25) is 0 Å². The van der Waals surface area contributed by atoms with E-state index in [4.69, 9.17) is 0 Å². The summed E-state index contributed by atoms with van der Waals surface area (Å²) in [6.45, 7) is 5.58. The molecule has 2 aliphatic rings. The summed E-state index contributed by atoms with van der Waals surface area (Å²) in [5.74, 6) is 0. The number of fused-ring (bicyclic) bond motifs is 1. The van der Waals surface area contributed by atoms with Gasteiger partial charge in [0.05, 0.1) is 0 Å². The molecule has 1 atom stereocenters. The van der Waals surface area contributed by atoms with Gasteiger partial charge in [0.1, 0.15) is 0 Å². The molecular formula is C9H19I2N2-. The summed E-state index contributed by atoms with van der Waals surface area (Å²) >= 11 is -0.00000548. The third kappa shape index (κ3) is 2.49. The van der Waals surface area contributed by atoms with Crippen molar-refractivity contribution in [2.24, 2.45) is 0 Å². The Labute approximate surface area is 95.5 Å². The Morgan fingerprint density at radius 3 is 2.92 bits per heavy atom. The van der Waals surface area contributed by atoms with Gasteiger partial charge in [-0.25, -0.2) is 0 Å². The second kappa shape index (κ2) is 4.94. The Morgan fingerprint density at radius 2 is 2.15 bits per heavy atom. The van der Waals surface area contributed by atoms with E-state index in [0.29, 0.717) is 17.2 Å². The van der Waals surface area contributed by atoms with E-state index >= 15 is 0 Å². The van der Waals surface area contributed by atoms with Crippen molar-refractivity contribution in [1.82, 2.24) is 8.01 Å². The molecule has 2 aliphatic heterocycles. The summed E-state index contributed by atoms with van der Waals surface area (Å²) in [5, 5.41) is 0. The number of nitrogens with zero attached hydrogens (tertiary/aromatic N) is 2. The molecule has 1 unspecified atom stereocenters. The van der Waals surface area contributed by atoms with Crippen LogP contribution in [0.25, 0.3) is 0 Å². The van der Waals surface area contributed by atoms with E-state index in [1.165, 1.54) is 39.0 Å². The topological polar surface area (TPSA) is 6.48 Å². The van der Waals surface area contributed by atoms with Gasteiger partial charge in [-0.05, 0) is 0 Å². The summed E-state index contributed by atoms with van der Waals surface area (Å²) in [6.07, 6.45) is 2.93. The zero-order valence-electron chi connectivity index (χ0n) is 8.47. The Morgan fingerprint density at radius 1 is 1.31 bits per heavy atom. The van der Waals surface area contributed by atoms with E-state index in [1.807, 2.05) is 0 Å². The first kappa shape index (κ1) is 10.9. The number of hydrogen-bond donors (Lipinski definition) is 0. The van der Waals surface area contributed by atoms with Crippen molar-refractivity contribution >= 4 is 16.1 Å². The van der Waals surface area contributed by atoms with Crippen LogP contribution in [0.15, 0.2) is 0 Å². The van der Waals surface area contributed by atoms with Gasteiger partial charge in [0.25, 0.3) is 0 Å². The van der Waals surface area contributed by atoms with Crippen LogP contribution in [0.5, 0.6) is 0 Å². The molecular weight excluding hydrogens is 390 g/mol. The maximum atomic E-state index is 2.88. The van der Waals surface area contributed by atoms with Crippen LogP contribution in [0.4, 0.5) is 0 Å². The summed E-state index contributed by atoms with van der Waals surface area (Å²) in [5.41, 5.74) is 0. The number of alkyl halides is 2. The van der Waals surface area contributed by atoms with Gasteiger partial charge in [0, 0.05) is 0 Å². The van der Waals surface area contributed by atoms with Crippen molar-refractivity contribution in [3.63, 3.8) is 0 Å². The van der Waals surface area contributed by atoms with Gasteiger partial charge in [-0.3, -0.25) is 0 Å². The first-order valence-corrected chi connectivity index (χ1v) is 16.5. The summed E-state index contributed by atoms with van der Waals surface area (Å²) in [4.78, 5) is 7.76. The van der Waals surface area contributed by atoms with Crippen molar-refractivity contribution in [3.8, 4) is 0 Å². The van der Waals surface area contributed by atoms with E-state index < -0.39 is 16.1 Å². The summed E-state index contributed by atoms with van der Waals surface area (Å²) < 4.78 is 2.88. The quantitative estimate of drug-likeness (QED) is 0.310. The van der Waals surface area contributed by atoms with Crippen molar-refractivity contribution < 1.29 is 17.2 Å². The minimum absolute atomic E-state index is 0.565. The zero-order chi connectivity index (χ0) is 9.26. The molecule has 0 radical (unpaired) electrons. The number of piperazine rings is 1. The van der Waals surface area contributed by atoms with Gasteiger partial charge in [-0.2, -0.15) is 0 Å². The third-order valence-corrected chi connectivity index (χ3v) is 18.4. The molecule has 2 fully saturated rings. The van der Waals surface area contributed by atoms with Gasteiger partial charge in [0.15, 0.2) is 0 Å². The molecule has 0 bridgehead atoms. The molecule has 0 saturated carbocycles. The van der Waals surface area contributed by atoms with Crippen LogP contribution in [0.3, 0.4) is 0 Å². The fraction of sp³-hybridized carbons (Fsp3) is 1.00. The molecule has 0 N–H and O–H groups in total. The zero-order valence-corrected chi connectivity index (χ0v) is 12.8. The van der Waals surface area contributed by atoms with Crippen LogP contribution >= 0.6 is 16.1 Å². The molecule has 2 heterocycles. The molecule has 0 aromatic rings.